The van der Waals surface area contributed by atoms with Crippen LogP contribution >= 0.6 is 15.9 Å². The molecule has 1 fully saturated rings. The van der Waals surface area contributed by atoms with Gasteiger partial charge in [-0.1, -0.05) is 15.9 Å². The zero-order valence-corrected chi connectivity index (χ0v) is 18.3. The predicted octanol–water partition coefficient (Wildman–Crippen LogP) is 3.99. The van der Waals surface area contributed by atoms with Gasteiger partial charge >= 0.3 is 0 Å². The first kappa shape index (κ1) is 20.8. The van der Waals surface area contributed by atoms with Crippen LogP contribution in [0, 0.1) is 5.82 Å². The van der Waals surface area contributed by atoms with E-state index in [1.165, 1.54) is 12.4 Å². The van der Waals surface area contributed by atoms with Crippen molar-refractivity contribution in [1.82, 2.24) is 14.9 Å². The zero-order valence-electron chi connectivity index (χ0n) is 16.7. The summed E-state index contributed by atoms with van der Waals surface area (Å²) in [6.07, 6.45) is 1.42. The van der Waals surface area contributed by atoms with Crippen LogP contribution in [0.15, 0.2) is 41.1 Å². The van der Waals surface area contributed by atoms with E-state index in [1.807, 2.05) is 0 Å². The summed E-state index contributed by atoms with van der Waals surface area (Å²) in [7, 11) is 3.63. The second kappa shape index (κ2) is 9.11. The van der Waals surface area contributed by atoms with E-state index >= 15 is 0 Å². The quantitative estimate of drug-likeness (QED) is 0.576. The van der Waals surface area contributed by atoms with E-state index in [9.17, 15) is 4.39 Å². The third kappa shape index (κ3) is 4.63. The number of halogens is 2. The van der Waals surface area contributed by atoms with Gasteiger partial charge < -0.3 is 24.4 Å². The Hall–Kier alpha value is -2.49. The van der Waals surface area contributed by atoms with Crippen molar-refractivity contribution >= 4 is 38.3 Å². The summed E-state index contributed by atoms with van der Waals surface area (Å²) < 4.78 is 32.2. The second-order valence-electron chi connectivity index (χ2n) is 7.06. The van der Waals surface area contributed by atoms with Gasteiger partial charge in [-0.15, -0.1) is 0 Å². The number of hydrogen-bond donors (Lipinski definition) is 1. The van der Waals surface area contributed by atoms with E-state index in [1.54, 1.807) is 31.4 Å². The first-order valence-corrected chi connectivity index (χ1v) is 10.3. The highest BCUT2D eigenvalue weighted by Crippen LogP contribution is 2.35. The summed E-state index contributed by atoms with van der Waals surface area (Å²) in [5.41, 5.74) is 0.971. The molecule has 1 aliphatic heterocycles. The smallest absolute Gasteiger partial charge is 0.163 e. The molecule has 1 aliphatic rings. The SMILES string of the molecule is COc1cc2c(Nc3ccc(Br)cc3F)ncnc2cc1OC[C@@H]1CN(C)CCO1. The Balaban J connectivity index is 1.60. The predicted molar refractivity (Wildman–Crippen MR) is 116 cm³/mol. The molecular weight excluding hydrogens is 455 g/mol. The van der Waals surface area contributed by atoms with Gasteiger partial charge in [0.15, 0.2) is 11.5 Å². The fraction of sp³-hybridized carbons (Fsp3) is 0.333. The molecule has 7 nitrogen and oxygen atoms in total. The van der Waals surface area contributed by atoms with Gasteiger partial charge in [0.2, 0.25) is 0 Å². The lowest BCUT2D eigenvalue weighted by molar-refractivity contribution is -0.0406. The van der Waals surface area contributed by atoms with Gasteiger partial charge in [0, 0.05) is 29.0 Å². The minimum Gasteiger partial charge on any atom is -0.493 e. The fourth-order valence-electron chi connectivity index (χ4n) is 3.30. The Morgan fingerprint density at radius 1 is 1.27 bits per heavy atom. The number of ether oxygens (including phenoxy) is 3. The number of nitrogens with one attached hydrogen (secondary N) is 1. The topological polar surface area (TPSA) is 68.7 Å². The van der Waals surface area contributed by atoms with Gasteiger partial charge in [-0.05, 0) is 31.3 Å². The van der Waals surface area contributed by atoms with Gasteiger partial charge in [0.25, 0.3) is 0 Å². The molecule has 1 atom stereocenters. The molecule has 1 saturated heterocycles. The number of fused-ring (bicyclic) bond motifs is 1. The zero-order chi connectivity index (χ0) is 21.1. The largest absolute Gasteiger partial charge is 0.493 e. The molecule has 0 amide bonds. The Morgan fingerprint density at radius 2 is 2.13 bits per heavy atom. The number of benzene rings is 2. The van der Waals surface area contributed by atoms with E-state index in [2.05, 4.69) is 43.2 Å². The summed E-state index contributed by atoms with van der Waals surface area (Å²) in [5.74, 6) is 1.20. The third-order valence-corrected chi connectivity index (χ3v) is 5.36. The molecule has 0 unspecified atom stereocenters. The molecule has 9 heteroatoms. The van der Waals surface area contributed by atoms with Gasteiger partial charge in [0.1, 0.15) is 30.7 Å². The van der Waals surface area contributed by atoms with Gasteiger partial charge in [-0.2, -0.15) is 0 Å². The average molecular weight is 477 g/mol. The lowest BCUT2D eigenvalue weighted by Gasteiger charge is -2.30. The molecule has 0 saturated carbocycles. The van der Waals surface area contributed by atoms with Gasteiger partial charge in [-0.25, -0.2) is 14.4 Å². The Morgan fingerprint density at radius 3 is 2.90 bits per heavy atom. The molecule has 0 spiro atoms. The summed E-state index contributed by atoms with van der Waals surface area (Å²) >= 11 is 3.26. The van der Waals surface area contributed by atoms with E-state index in [0.29, 0.717) is 51.6 Å². The molecule has 158 valence electrons. The first-order valence-electron chi connectivity index (χ1n) is 9.51. The molecule has 0 radical (unpaired) electrons. The van der Waals surface area contributed by atoms with E-state index in [0.717, 1.165) is 13.1 Å². The molecule has 3 aromatic rings. The van der Waals surface area contributed by atoms with Gasteiger partial charge in [-0.3, -0.25) is 0 Å². The normalized spacial score (nSPS) is 17.1. The first-order chi connectivity index (χ1) is 14.5. The van der Waals surface area contributed by atoms with E-state index in [-0.39, 0.29) is 11.9 Å². The summed E-state index contributed by atoms with van der Waals surface area (Å²) in [5, 5.41) is 3.73. The van der Waals surface area contributed by atoms with Crippen molar-refractivity contribution in [3.05, 3.63) is 46.9 Å². The van der Waals surface area contributed by atoms with Gasteiger partial charge in [0.05, 0.1) is 24.9 Å². The number of aromatic nitrogens is 2. The number of rotatable bonds is 6. The highest BCUT2D eigenvalue weighted by Gasteiger charge is 2.20. The Labute approximate surface area is 182 Å². The van der Waals surface area contributed by atoms with Crippen LogP contribution in [0.3, 0.4) is 0 Å². The van der Waals surface area contributed by atoms with Crippen molar-refractivity contribution in [2.45, 2.75) is 6.10 Å². The molecule has 4 rings (SSSR count). The monoisotopic (exact) mass is 476 g/mol. The summed E-state index contributed by atoms with van der Waals surface area (Å²) in [4.78, 5) is 10.8. The van der Waals surface area contributed by atoms with Crippen molar-refractivity contribution in [1.29, 1.82) is 0 Å². The van der Waals surface area contributed by atoms with Crippen LogP contribution in [0.2, 0.25) is 0 Å². The second-order valence-corrected chi connectivity index (χ2v) is 7.97. The number of anilines is 2. The summed E-state index contributed by atoms with van der Waals surface area (Å²) in [6, 6.07) is 8.38. The van der Waals surface area contributed by atoms with Crippen LogP contribution in [-0.2, 0) is 4.74 Å². The number of methoxy groups -OCH3 is 1. The Kier molecular flexibility index (Phi) is 6.31. The number of morpholine rings is 1. The van der Waals surface area contributed by atoms with Crippen LogP contribution in [0.1, 0.15) is 0 Å². The molecule has 2 aromatic carbocycles. The lowest BCUT2D eigenvalue weighted by Crippen LogP contribution is -2.42. The standard InChI is InChI=1S/C21H22BrFN4O3/c1-27-5-6-29-14(10-27)11-30-20-9-18-15(8-19(20)28-2)21(25-12-24-18)26-17-4-3-13(22)7-16(17)23/h3-4,7-9,12,14H,5-6,10-11H2,1-2H3,(H,24,25,26)/t14-/m0/s1. The molecule has 0 aliphatic carbocycles. The van der Waals surface area contributed by atoms with Crippen molar-refractivity contribution < 1.29 is 18.6 Å². The number of likely N-dealkylation sites (N-methyl/N-ethyl adjacent to an activating group) is 1. The van der Waals surface area contributed by atoms with E-state index in [4.69, 9.17) is 14.2 Å². The van der Waals surface area contributed by atoms with Crippen LogP contribution < -0.4 is 14.8 Å². The maximum Gasteiger partial charge on any atom is 0.163 e. The molecular formula is C21H22BrFN4O3. The number of nitrogens with zero attached hydrogens (tertiary/aromatic N) is 3. The van der Waals surface area contributed by atoms with Crippen molar-refractivity contribution in [2.75, 3.05) is 45.8 Å². The highest BCUT2D eigenvalue weighted by atomic mass is 79.9. The molecule has 0 bridgehead atoms. The average Bonchev–Trinajstić information content (AvgIpc) is 2.74. The van der Waals surface area contributed by atoms with Crippen LogP contribution in [0.4, 0.5) is 15.9 Å². The van der Waals surface area contributed by atoms with Crippen molar-refractivity contribution in [3.8, 4) is 11.5 Å². The van der Waals surface area contributed by atoms with Crippen molar-refractivity contribution in [3.63, 3.8) is 0 Å². The van der Waals surface area contributed by atoms with Crippen LogP contribution in [0.25, 0.3) is 10.9 Å². The molecule has 2 heterocycles. The molecule has 30 heavy (non-hydrogen) atoms. The maximum atomic E-state index is 14.3. The molecule has 1 aromatic heterocycles. The third-order valence-electron chi connectivity index (χ3n) is 4.87. The Bertz CT molecular complexity index is 1050. The summed E-state index contributed by atoms with van der Waals surface area (Å²) in [6.45, 7) is 2.83. The van der Waals surface area contributed by atoms with Crippen molar-refractivity contribution in [2.24, 2.45) is 0 Å². The minimum atomic E-state index is -0.388. The van der Waals surface area contributed by atoms with Crippen LogP contribution in [-0.4, -0.2) is 61.4 Å². The number of hydrogen-bond acceptors (Lipinski definition) is 7. The fourth-order valence-corrected chi connectivity index (χ4v) is 3.64. The maximum absolute atomic E-state index is 14.3. The van der Waals surface area contributed by atoms with Crippen LogP contribution in [0.5, 0.6) is 11.5 Å². The lowest BCUT2D eigenvalue weighted by atomic mass is 10.2. The minimum absolute atomic E-state index is 0.00726. The highest BCUT2D eigenvalue weighted by molar-refractivity contribution is 9.10. The van der Waals surface area contributed by atoms with E-state index < -0.39 is 0 Å². The molecule has 1 N–H and O–H groups in total.